The van der Waals surface area contributed by atoms with Gasteiger partial charge in [0.15, 0.2) is 5.69 Å². The summed E-state index contributed by atoms with van der Waals surface area (Å²) in [6, 6.07) is -0.303. The van der Waals surface area contributed by atoms with E-state index in [1.165, 1.54) is 23.1 Å². The average Bonchev–Trinajstić information content (AvgIpc) is 2.88. The second-order valence-corrected chi connectivity index (χ2v) is 6.65. The molecule has 1 fully saturated rings. The molecule has 0 aromatic carbocycles. The molecule has 1 amide bonds. The monoisotopic (exact) mass is 311 g/mol. The number of amides is 1. The first-order chi connectivity index (χ1) is 9.89. The molecule has 0 bridgehead atoms. The van der Waals surface area contributed by atoms with Crippen molar-refractivity contribution in [3.8, 4) is 0 Å². The summed E-state index contributed by atoms with van der Waals surface area (Å²) in [5.74, 6) is -1.15. The SMILES string of the molecule is CC(NC(=O)CC1(N)CCCCC1)c1nc(C(=O)O)cs1. The number of carbonyl (C=O) groups is 2. The highest BCUT2D eigenvalue weighted by Crippen LogP contribution is 2.29. The van der Waals surface area contributed by atoms with Crippen LogP contribution in [-0.2, 0) is 4.79 Å². The van der Waals surface area contributed by atoms with E-state index in [0.29, 0.717) is 11.4 Å². The van der Waals surface area contributed by atoms with Gasteiger partial charge >= 0.3 is 5.97 Å². The fraction of sp³-hybridized carbons (Fsp3) is 0.643. The standard InChI is InChI=1S/C14H21N3O3S/c1-9(12-17-10(8-21-12)13(19)20)16-11(18)7-14(15)5-3-2-4-6-14/h8-9H,2-7,15H2,1H3,(H,16,18)(H,19,20). The van der Waals surface area contributed by atoms with Crippen LogP contribution in [0, 0.1) is 0 Å². The predicted octanol–water partition coefficient (Wildman–Crippen LogP) is 2.07. The fourth-order valence-electron chi connectivity index (χ4n) is 2.69. The van der Waals surface area contributed by atoms with Crippen LogP contribution in [0.15, 0.2) is 5.38 Å². The molecule has 116 valence electrons. The lowest BCUT2D eigenvalue weighted by Gasteiger charge is -2.33. The van der Waals surface area contributed by atoms with E-state index in [-0.39, 0.29) is 17.6 Å². The Morgan fingerprint density at radius 3 is 2.71 bits per heavy atom. The number of nitrogens with zero attached hydrogens (tertiary/aromatic N) is 1. The largest absolute Gasteiger partial charge is 0.476 e. The van der Waals surface area contributed by atoms with Gasteiger partial charge in [0.05, 0.1) is 6.04 Å². The van der Waals surface area contributed by atoms with E-state index < -0.39 is 11.5 Å². The van der Waals surface area contributed by atoms with E-state index in [0.717, 1.165) is 25.7 Å². The number of aromatic nitrogens is 1. The molecule has 1 atom stereocenters. The van der Waals surface area contributed by atoms with Gasteiger partial charge in [-0.15, -0.1) is 11.3 Å². The molecule has 1 aromatic heterocycles. The Morgan fingerprint density at radius 2 is 2.14 bits per heavy atom. The molecule has 1 aliphatic carbocycles. The molecule has 1 unspecified atom stereocenters. The maximum atomic E-state index is 12.1. The number of nitrogens with two attached hydrogens (primary N) is 1. The second-order valence-electron chi connectivity index (χ2n) is 5.77. The number of hydrogen-bond donors (Lipinski definition) is 3. The van der Waals surface area contributed by atoms with Crippen molar-refractivity contribution in [3.63, 3.8) is 0 Å². The third-order valence-electron chi connectivity index (χ3n) is 3.85. The van der Waals surface area contributed by atoms with Gasteiger partial charge < -0.3 is 16.2 Å². The number of rotatable bonds is 5. The van der Waals surface area contributed by atoms with Crippen molar-refractivity contribution in [2.24, 2.45) is 5.73 Å². The summed E-state index contributed by atoms with van der Waals surface area (Å²) in [6.45, 7) is 1.80. The Labute approximate surface area is 127 Å². The van der Waals surface area contributed by atoms with Crippen molar-refractivity contribution in [3.05, 3.63) is 16.1 Å². The molecule has 0 spiro atoms. The molecule has 1 saturated carbocycles. The molecule has 21 heavy (non-hydrogen) atoms. The Bertz CT molecular complexity index is 523. The molecular weight excluding hydrogens is 290 g/mol. The number of nitrogens with one attached hydrogen (secondary N) is 1. The van der Waals surface area contributed by atoms with Crippen molar-refractivity contribution in [1.82, 2.24) is 10.3 Å². The van der Waals surface area contributed by atoms with Gasteiger partial charge in [-0.25, -0.2) is 9.78 Å². The molecule has 0 saturated heterocycles. The van der Waals surface area contributed by atoms with Crippen molar-refractivity contribution in [2.45, 2.75) is 57.0 Å². The zero-order chi connectivity index (χ0) is 15.5. The van der Waals surface area contributed by atoms with E-state index in [4.69, 9.17) is 10.8 Å². The van der Waals surface area contributed by atoms with E-state index in [2.05, 4.69) is 10.3 Å². The molecule has 2 rings (SSSR count). The highest BCUT2D eigenvalue weighted by molar-refractivity contribution is 7.09. The van der Waals surface area contributed by atoms with Crippen LogP contribution in [0.25, 0.3) is 0 Å². The maximum Gasteiger partial charge on any atom is 0.355 e. The van der Waals surface area contributed by atoms with Gasteiger partial charge in [-0.05, 0) is 19.8 Å². The van der Waals surface area contributed by atoms with Crippen LogP contribution < -0.4 is 11.1 Å². The van der Waals surface area contributed by atoms with Crippen LogP contribution in [-0.4, -0.2) is 27.5 Å². The van der Waals surface area contributed by atoms with Crippen LogP contribution in [0.4, 0.5) is 0 Å². The molecule has 4 N–H and O–H groups in total. The van der Waals surface area contributed by atoms with Crippen LogP contribution >= 0.6 is 11.3 Å². The summed E-state index contributed by atoms with van der Waals surface area (Å²) in [6.07, 6.45) is 5.43. The lowest BCUT2D eigenvalue weighted by Crippen LogP contribution is -2.46. The van der Waals surface area contributed by atoms with Gasteiger partial charge in [0.2, 0.25) is 5.91 Å². The van der Waals surface area contributed by atoms with Gasteiger partial charge in [0, 0.05) is 17.3 Å². The maximum absolute atomic E-state index is 12.1. The Hall–Kier alpha value is -1.47. The molecule has 0 radical (unpaired) electrons. The van der Waals surface area contributed by atoms with E-state index in [1.54, 1.807) is 6.92 Å². The van der Waals surface area contributed by atoms with Gasteiger partial charge in [0.1, 0.15) is 5.01 Å². The van der Waals surface area contributed by atoms with Crippen LogP contribution in [0.1, 0.15) is 67.0 Å². The molecule has 0 aliphatic heterocycles. The number of aromatic carboxylic acids is 1. The fourth-order valence-corrected chi connectivity index (χ4v) is 3.49. The minimum atomic E-state index is -1.06. The highest BCUT2D eigenvalue weighted by atomic mass is 32.1. The van der Waals surface area contributed by atoms with Crippen LogP contribution in [0.3, 0.4) is 0 Å². The minimum Gasteiger partial charge on any atom is -0.476 e. The topological polar surface area (TPSA) is 105 Å². The molecule has 6 nitrogen and oxygen atoms in total. The second kappa shape index (κ2) is 6.53. The summed E-state index contributed by atoms with van der Waals surface area (Å²) in [4.78, 5) is 26.9. The number of carbonyl (C=O) groups excluding carboxylic acids is 1. The number of hydrogen-bond acceptors (Lipinski definition) is 5. The van der Waals surface area contributed by atoms with E-state index in [9.17, 15) is 9.59 Å². The van der Waals surface area contributed by atoms with Gasteiger partial charge in [0.25, 0.3) is 0 Å². The molecule has 1 aliphatic rings. The first-order valence-corrected chi connectivity index (χ1v) is 8.04. The van der Waals surface area contributed by atoms with E-state index in [1.807, 2.05) is 0 Å². The Kier molecular flexibility index (Phi) is 4.95. The van der Waals surface area contributed by atoms with Crippen LogP contribution in [0.5, 0.6) is 0 Å². The normalized spacial score (nSPS) is 19.0. The summed E-state index contributed by atoms with van der Waals surface area (Å²) in [5.41, 5.74) is 5.89. The van der Waals surface area contributed by atoms with Gasteiger partial charge in [-0.3, -0.25) is 4.79 Å². The van der Waals surface area contributed by atoms with Gasteiger partial charge in [-0.2, -0.15) is 0 Å². The molecule has 1 heterocycles. The quantitative estimate of drug-likeness (QED) is 0.772. The summed E-state index contributed by atoms with van der Waals surface area (Å²) in [7, 11) is 0. The summed E-state index contributed by atoms with van der Waals surface area (Å²) >= 11 is 1.24. The van der Waals surface area contributed by atoms with Crippen molar-refractivity contribution >= 4 is 23.2 Å². The third kappa shape index (κ3) is 4.25. The lowest BCUT2D eigenvalue weighted by atomic mass is 9.80. The van der Waals surface area contributed by atoms with Crippen LogP contribution in [0.2, 0.25) is 0 Å². The van der Waals surface area contributed by atoms with Crippen molar-refractivity contribution in [1.29, 1.82) is 0 Å². The minimum absolute atomic E-state index is 0.0127. The molecule has 1 aromatic rings. The lowest BCUT2D eigenvalue weighted by molar-refractivity contribution is -0.123. The first kappa shape index (κ1) is 15.9. The van der Waals surface area contributed by atoms with E-state index >= 15 is 0 Å². The summed E-state index contributed by atoms with van der Waals surface area (Å²) in [5, 5.41) is 13.8. The zero-order valence-electron chi connectivity index (χ0n) is 12.1. The molecule has 7 heteroatoms. The van der Waals surface area contributed by atoms with Crippen molar-refractivity contribution < 1.29 is 14.7 Å². The predicted molar refractivity (Wildman–Crippen MR) is 80.3 cm³/mol. The number of carboxylic acid groups (broad SMARTS) is 1. The highest BCUT2D eigenvalue weighted by Gasteiger charge is 2.30. The Balaban J connectivity index is 1.90. The van der Waals surface area contributed by atoms with Crippen molar-refractivity contribution in [2.75, 3.05) is 0 Å². The Morgan fingerprint density at radius 1 is 1.48 bits per heavy atom. The molecular formula is C14H21N3O3S. The summed E-state index contributed by atoms with van der Waals surface area (Å²) < 4.78 is 0. The first-order valence-electron chi connectivity index (χ1n) is 7.17. The third-order valence-corrected chi connectivity index (χ3v) is 4.88. The zero-order valence-corrected chi connectivity index (χ0v) is 12.9. The average molecular weight is 311 g/mol. The smallest absolute Gasteiger partial charge is 0.355 e. The number of carboxylic acids is 1. The van der Waals surface area contributed by atoms with Gasteiger partial charge in [-0.1, -0.05) is 19.3 Å². The number of thiazole rings is 1.